The van der Waals surface area contributed by atoms with Crippen LogP contribution >= 0.6 is 12.4 Å². The second kappa shape index (κ2) is 10.6. The van der Waals surface area contributed by atoms with Crippen molar-refractivity contribution < 1.29 is 19.0 Å². The highest BCUT2D eigenvalue weighted by Gasteiger charge is 2.15. The molecule has 0 fully saturated rings. The molecule has 0 amide bonds. The first-order chi connectivity index (χ1) is 11.6. The Hall–Kier alpha value is -2.24. The fraction of sp³-hybridized carbons (Fsp3) is 0.316. The number of benzene rings is 2. The average molecular weight is 366 g/mol. The summed E-state index contributed by atoms with van der Waals surface area (Å²) in [6, 6.07) is 14.8. The molecular weight excluding hydrogens is 342 g/mol. The molecule has 0 heterocycles. The van der Waals surface area contributed by atoms with E-state index in [1.165, 1.54) is 0 Å². The van der Waals surface area contributed by atoms with E-state index in [0.29, 0.717) is 24.7 Å². The van der Waals surface area contributed by atoms with Crippen LogP contribution in [0.15, 0.2) is 48.5 Å². The van der Waals surface area contributed by atoms with Gasteiger partial charge in [-0.1, -0.05) is 36.4 Å². The number of methoxy groups -OCH3 is 1. The minimum Gasteiger partial charge on any atom is -0.493 e. The second-order valence-electron chi connectivity index (χ2n) is 5.30. The maximum absolute atomic E-state index is 11.6. The Kier molecular flexibility index (Phi) is 8.81. The molecule has 0 aliphatic heterocycles. The van der Waals surface area contributed by atoms with Gasteiger partial charge in [0, 0.05) is 6.04 Å². The summed E-state index contributed by atoms with van der Waals surface area (Å²) in [4.78, 5) is 11.6. The third kappa shape index (κ3) is 6.29. The predicted molar refractivity (Wildman–Crippen MR) is 99.2 cm³/mol. The zero-order chi connectivity index (χ0) is 17.4. The third-order valence-electron chi connectivity index (χ3n) is 3.54. The summed E-state index contributed by atoms with van der Waals surface area (Å²) in [5.41, 5.74) is 7.95. The predicted octanol–water partition coefficient (Wildman–Crippen LogP) is 3.65. The number of carbonyl (C=O) groups is 1. The van der Waals surface area contributed by atoms with Crippen molar-refractivity contribution in [3.8, 4) is 11.5 Å². The Morgan fingerprint density at radius 1 is 1.12 bits per heavy atom. The minimum atomic E-state index is -0.450. The van der Waals surface area contributed by atoms with E-state index in [2.05, 4.69) is 0 Å². The third-order valence-corrected chi connectivity index (χ3v) is 3.54. The Morgan fingerprint density at radius 3 is 2.48 bits per heavy atom. The zero-order valence-corrected chi connectivity index (χ0v) is 15.3. The summed E-state index contributed by atoms with van der Waals surface area (Å²) in [5.74, 6) is 0.906. The molecule has 2 aromatic carbocycles. The van der Waals surface area contributed by atoms with E-state index < -0.39 is 6.04 Å². The average Bonchev–Trinajstić information content (AvgIpc) is 2.60. The summed E-state index contributed by atoms with van der Waals surface area (Å²) in [7, 11) is 1.59. The number of rotatable bonds is 8. The van der Waals surface area contributed by atoms with Crippen molar-refractivity contribution >= 4 is 18.4 Å². The molecule has 0 bridgehead atoms. The number of ether oxygens (including phenoxy) is 3. The Morgan fingerprint density at radius 2 is 1.84 bits per heavy atom. The van der Waals surface area contributed by atoms with Gasteiger partial charge >= 0.3 is 5.97 Å². The maximum atomic E-state index is 11.6. The molecule has 6 heteroatoms. The van der Waals surface area contributed by atoms with Gasteiger partial charge in [0.05, 0.1) is 20.1 Å². The number of nitrogens with two attached hydrogens (primary N) is 1. The molecular formula is C19H24ClNO4. The van der Waals surface area contributed by atoms with E-state index >= 15 is 0 Å². The molecule has 0 saturated heterocycles. The van der Waals surface area contributed by atoms with Crippen molar-refractivity contribution in [3.63, 3.8) is 0 Å². The molecule has 0 spiro atoms. The van der Waals surface area contributed by atoms with Crippen LogP contribution in [-0.2, 0) is 16.1 Å². The Labute approximate surface area is 154 Å². The van der Waals surface area contributed by atoms with Crippen LogP contribution in [0.25, 0.3) is 0 Å². The molecule has 2 rings (SSSR count). The monoisotopic (exact) mass is 365 g/mol. The van der Waals surface area contributed by atoms with Gasteiger partial charge in [0.15, 0.2) is 11.5 Å². The lowest BCUT2D eigenvalue weighted by atomic mass is 10.0. The topological polar surface area (TPSA) is 70.8 Å². The van der Waals surface area contributed by atoms with E-state index in [0.717, 1.165) is 11.1 Å². The summed E-state index contributed by atoms with van der Waals surface area (Å²) in [6.07, 6.45) is 0.123. The first kappa shape index (κ1) is 20.8. The van der Waals surface area contributed by atoms with Gasteiger partial charge in [0.1, 0.15) is 6.61 Å². The second-order valence-corrected chi connectivity index (χ2v) is 5.30. The number of hydrogen-bond donors (Lipinski definition) is 1. The molecule has 0 aromatic heterocycles. The summed E-state index contributed by atoms with van der Waals surface area (Å²) < 4.78 is 16.1. The Balaban J connectivity index is 0.00000312. The van der Waals surface area contributed by atoms with Crippen molar-refractivity contribution in [2.45, 2.75) is 26.0 Å². The van der Waals surface area contributed by atoms with Crippen molar-refractivity contribution in [3.05, 3.63) is 59.7 Å². The van der Waals surface area contributed by atoms with Crippen LogP contribution < -0.4 is 15.2 Å². The van der Waals surface area contributed by atoms with Gasteiger partial charge in [-0.05, 0) is 30.2 Å². The fourth-order valence-corrected chi connectivity index (χ4v) is 2.29. The highest BCUT2D eigenvalue weighted by atomic mass is 35.5. The first-order valence-electron chi connectivity index (χ1n) is 7.90. The van der Waals surface area contributed by atoms with Crippen molar-refractivity contribution in [1.82, 2.24) is 0 Å². The van der Waals surface area contributed by atoms with Crippen molar-refractivity contribution in [2.75, 3.05) is 13.7 Å². The lowest BCUT2D eigenvalue weighted by Crippen LogP contribution is -2.17. The Bertz CT molecular complexity index is 664. The normalized spacial score (nSPS) is 11.2. The van der Waals surface area contributed by atoms with Gasteiger partial charge in [-0.25, -0.2) is 0 Å². The highest BCUT2D eigenvalue weighted by molar-refractivity contribution is 5.85. The van der Waals surface area contributed by atoms with E-state index in [1.54, 1.807) is 20.1 Å². The van der Waals surface area contributed by atoms with Crippen LogP contribution in [0.2, 0.25) is 0 Å². The molecule has 136 valence electrons. The fourth-order valence-electron chi connectivity index (χ4n) is 2.29. The smallest absolute Gasteiger partial charge is 0.307 e. The molecule has 5 nitrogen and oxygen atoms in total. The van der Waals surface area contributed by atoms with Gasteiger partial charge in [-0.15, -0.1) is 12.4 Å². The zero-order valence-electron chi connectivity index (χ0n) is 14.4. The standard InChI is InChI=1S/C19H23NO4.ClH/c1-3-23-19(21)12-16(20)15-9-10-17(22-2)18(11-15)24-13-14-7-5-4-6-8-14;/h4-11,16H,3,12-13,20H2,1-2H3;1H/t16-;/m0./s1. The van der Waals surface area contributed by atoms with E-state index in [4.69, 9.17) is 19.9 Å². The molecule has 0 aliphatic rings. The highest BCUT2D eigenvalue weighted by Crippen LogP contribution is 2.31. The van der Waals surface area contributed by atoms with Crippen LogP contribution in [-0.4, -0.2) is 19.7 Å². The van der Waals surface area contributed by atoms with Crippen LogP contribution in [0.4, 0.5) is 0 Å². The molecule has 0 radical (unpaired) electrons. The lowest BCUT2D eigenvalue weighted by Gasteiger charge is -2.16. The van der Waals surface area contributed by atoms with Gasteiger partial charge in [0.25, 0.3) is 0 Å². The van der Waals surface area contributed by atoms with Crippen molar-refractivity contribution in [1.29, 1.82) is 0 Å². The molecule has 0 aliphatic carbocycles. The maximum Gasteiger partial charge on any atom is 0.307 e. The van der Waals surface area contributed by atoms with E-state index in [1.807, 2.05) is 42.5 Å². The van der Waals surface area contributed by atoms with Crippen molar-refractivity contribution in [2.24, 2.45) is 5.73 Å². The number of halogens is 1. The van der Waals surface area contributed by atoms with Gasteiger partial charge in [-0.3, -0.25) is 4.79 Å². The summed E-state index contributed by atoms with van der Waals surface area (Å²) >= 11 is 0. The lowest BCUT2D eigenvalue weighted by molar-refractivity contribution is -0.143. The van der Waals surface area contributed by atoms with E-state index in [9.17, 15) is 4.79 Å². The first-order valence-corrected chi connectivity index (χ1v) is 7.90. The van der Waals surface area contributed by atoms with Gasteiger partial charge in [-0.2, -0.15) is 0 Å². The van der Waals surface area contributed by atoms with Crippen LogP contribution in [0, 0.1) is 0 Å². The number of esters is 1. The molecule has 2 aromatic rings. The van der Waals surface area contributed by atoms with E-state index in [-0.39, 0.29) is 24.8 Å². The largest absolute Gasteiger partial charge is 0.493 e. The summed E-state index contributed by atoms with van der Waals surface area (Å²) in [5, 5.41) is 0. The molecule has 0 unspecified atom stereocenters. The van der Waals surface area contributed by atoms with Crippen LogP contribution in [0.1, 0.15) is 30.5 Å². The van der Waals surface area contributed by atoms with Crippen LogP contribution in [0.5, 0.6) is 11.5 Å². The molecule has 2 N–H and O–H groups in total. The molecule has 1 atom stereocenters. The van der Waals surface area contributed by atoms with Gasteiger partial charge in [0.2, 0.25) is 0 Å². The summed E-state index contributed by atoms with van der Waals surface area (Å²) in [6.45, 7) is 2.54. The van der Waals surface area contributed by atoms with Crippen LogP contribution in [0.3, 0.4) is 0 Å². The van der Waals surface area contributed by atoms with Gasteiger partial charge < -0.3 is 19.9 Å². The minimum absolute atomic E-state index is 0. The quantitative estimate of drug-likeness (QED) is 0.723. The molecule has 0 saturated carbocycles. The SMILES string of the molecule is CCOC(=O)C[C@H](N)c1ccc(OC)c(OCc2ccccc2)c1.Cl. The number of carbonyl (C=O) groups excluding carboxylic acids is 1. The molecule has 25 heavy (non-hydrogen) atoms. The number of hydrogen-bond acceptors (Lipinski definition) is 5.